The Hall–Kier alpha value is -3.20. The van der Waals surface area contributed by atoms with Gasteiger partial charge in [0, 0.05) is 39.6 Å². The van der Waals surface area contributed by atoms with Crippen LogP contribution in [0.4, 0.5) is 10.5 Å². The van der Waals surface area contributed by atoms with Crippen LogP contribution in [-0.2, 0) is 20.1 Å². The number of aromatic nitrogens is 3. The molecule has 9 heteroatoms. The van der Waals surface area contributed by atoms with Gasteiger partial charge in [0.2, 0.25) is 0 Å². The topological polar surface area (TPSA) is 83.4 Å². The first-order valence-electron chi connectivity index (χ1n) is 8.68. The van der Waals surface area contributed by atoms with Crippen LogP contribution >= 0.6 is 11.3 Å². The Morgan fingerprint density at radius 2 is 1.89 bits per heavy atom. The van der Waals surface area contributed by atoms with Crippen LogP contribution in [0.3, 0.4) is 0 Å². The monoisotopic (exact) mass is 398 g/mol. The largest absolute Gasteiger partial charge is 0.337 e. The summed E-state index contributed by atoms with van der Waals surface area (Å²) >= 11 is 1.41. The lowest BCUT2D eigenvalue weighted by atomic mass is 10.1. The average Bonchev–Trinajstić information content (AvgIpc) is 3.34. The molecule has 3 rings (SSSR count). The summed E-state index contributed by atoms with van der Waals surface area (Å²) in [5.74, 6) is -0.0455. The lowest BCUT2D eigenvalue weighted by Crippen LogP contribution is -2.32. The van der Waals surface area contributed by atoms with Crippen LogP contribution in [0.2, 0.25) is 0 Å². The maximum Gasteiger partial charge on any atom is 0.321 e. The quantitative estimate of drug-likeness (QED) is 0.692. The summed E-state index contributed by atoms with van der Waals surface area (Å²) in [5.41, 5.74) is 2.23. The first-order valence-corrected chi connectivity index (χ1v) is 9.56. The Labute approximate surface area is 167 Å². The van der Waals surface area contributed by atoms with Gasteiger partial charge in [-0.1, -0.05) is 29.5 Å². The van der Waals surface area contributed by atoms with Crippen LogP contribution < -0.4 is 5.32 Å². The average molecular weight is 398 g/mol. The van der Waals surface area contributed by atoms with E-state index in [0.717, 1.165) is 5.56 Å². The molecule has 0 spiro atoms. The van der Waals surface area contributed by atoms with Gasteiger partial charge >= 0.3 is 6.03 Å². The number of nitrogens with zero attached hydrogens (tertiary/aromatic N) is 5. The molecule has 0 atom stereocenters. The highest BCUT2D eigenvalue weighted by molar-refractivity contribution is 7.12. The number of hydrogen-bond acceptors (Lipinski definition) is 5. The van der Waals surface area contributed by atoms with E-state index >= 15 is 0 Å². The number of hydrogen-bond donors (Lipinski definition) is 1. The van der Waals surface area contributed by atoms with Crippen LogP contribution in [0.15, 0.2) is 48.0 Å². The number of carbonyl (C=O) groups excluding carboxylic acids is 2. The van der Waals surface area contributed by atoms with Gasteiger partial charge in [-0.25, -0.2) is 4.79 Å². The van der Waals surface area contributed by atoms with E-state index in [9.17, 15) is 9.59 Å². The third kappa shape index (κ3) is 4.74. The molecule has 1 aromatic carbocycles. The Balaban J connectivity index is 1.66. The summed E-state index contributed by atoms with van der Waals surface area (Å²) in [6.45, 7) is 0.736. The third-order valence-electron chi connectivity index (χ3n) is 4.14. The zero-order valence-corrected chi connectivity index (χ0v) is 16.8. The number of rotatable bonds is 6. The molecule has 0 saturated carbocycles. The van der Waals surface area contributed by atoms with Crippen molar-refractivity contribution in [1.82, 2.24) is 24.8 Å². The summed E-state index contributed by atoms with van der Waals surface area (Å²) in [4.78, 5) is 28.9. The van der Waals surface area contributed by atoms with E-state index in [4.69, 9.17) is 0 Å². The molecule has 2 heterocycles. The van der Waals surface area contributed by atoms with Crippen molar-refractivity contribution in [1.29, 1.82) is 0 Å². The second-order valence-electron chi connectivity index (χ2n) is 6.47. The predicted molar refractivity (Wildman–Crippen MR) is 108 cm³/mol. The molecule has 2 aromatic heterocycles. The number of thiophene rings is 1. The number of anilines is 1. The van der Waals surface area contributed by atoms with Crippen molar-refractivity contribution < 1.29 is 9.59 Å². The highest BCUT2D eigenvalue weighted by Crippen LogP contribution is 2.19. The smallest absolute Gasteiger partial charge is 0.321 e. The van der Waals surface area contributed by atoms with Gasteiger partial charge in [-0.05, 0) is 23.1 Å². The number of aryl methyl sites for hydroxylation is 1. The number of benzene rings is 1. The SMILES string of the molecule is CN(Cc1cn(C)nn1)C(=O)Nc1ccccc1CN(C)C(=O)c1cccs1. The molecule has 0 aliphatic carbocycles. The normalized spacial score (nSPS) is 10.5. The minimum absolute atomic E-state index is 0.0455. The van der Waals surface area contributed by atoms with Crippen molar-refractivity contribution in [3.8, 4) is 0 Å². The van der Waals surface area contributed by atoms with Crippen LogP contribution in [-0.4, -0.2) is 50.8 Å². The van der Waals surface area contributed by atoms with E-state index in [1.54, 1.807) is 43.0 Å². The van der Waals surface area contributed by atoms with E-state index in [0.29, 0.717) is 29.3 Å². The first kappa shape index (κ1) is 19.6. The molecule has 28 heavy (non-hydrogen) atoms. The molecule has 0 aliphatic heterocycles. The molecule has 3 amide bonds. The second-order valence-corrected chi connectivity index (χ2v) is 7.41. The summed E-state index contributed by atoms with van der Waals surface area (Å²) in [6, 6.07) is 10.9. The van der Waals surface area contributed by atoms with E-state index in [1.165, 1.54) is 16.2 Å². The lowest BCUT2D eigenvalue weighted by Gasteiger charge is -2.21. The van der Waals surface area contributed by atoms with Gasteiger partial charge in [0.25, 0.3) is 5.91 Å². The van der Waals surface area contributed by atoms with E-state index in [-0.39, 0.29) is 11.9 Å². The van der Waals surface area contributed by atoms with Crippen molar-refractivity contribution in [2.24, 2.45) is 7.05 Å². The summed E-state index contributed by atoms with van der Waals surface area (Å²) in [6.07, 6.45) is 1.77. The number of para-hydroxylation sites is 1. The zero-order chi connectivity index (χ0) is 20.1. The molecule has 0 fully saturated rings. The standard InChI is InChI=1S/C19H22N6O2S/c1-23(18(26)17-9-6-10-28-17)11-14-7-4-5-8-16(14)20-19(27)24(2)12-15-13-25(3)22-21-15/h4-10,13H,11-12H2,1-3H3,(H,20,27). The third-order valence-corrected chi connectivity index (χ3v) is 5.00. The zero-order valence-electron chi connectivity index (χ0n) is 16.0. The van der Waals surface area contributed by atoms with Gasteiger partial charge in [-0.3, -0.25) is 9.48 Å². The molecule has 0 bridgehead atoms. The second kappa shape index (κ2) is 8.66. The summed E-state index contributed by atoms with van der Waals surface area (Å²) < 4.78 is 1.59. The lowest BCUT2D eigenvalue weighted by molar-refractivity contribution is 0.0790. The molecule has 0 unspecified atom stereocenters. The minimum atomic E-state index is -0.259. The highest BCUT2D eigenvalue weighted by Gasteiger charge is 2.17. The highest BCUT2D eigenvalue weighted by atomic mass is 32.1. The number of urea groups is 1. The van der Waals surface area contributed by atoms with Crippen LogP contribution in [0, 0.1) is 0 Å². The molecule has 0 radical (unpaired) electrons. The van der Waals surface area contributed by atoms with Crippen LogP contribution in [0.5, 0.6) is 0 Å². The van der Waals surface area contributed by atoms with Gasteiger partial charge in [0.1, 0.15) is 5.69 Å². The molecule has 0 aliphatic rings. The van der Waals surface area contributed by atoms with Gasteiger partial charge in [0.15, 0.2) is 0 Å². The van der Waals surface area contributed by atoms with Crippen molar-refractivity contribution in [3.63, 3.8) is 0 Å². The van der Waals surface area contributed by atoms with Crippen LogP contribution in [0.1, 0.15) is 20.9 Å². The summed E-state index contributed by atoms with van der Waals surface area (Å²) in [7, 11) is 5.22. The van der Waals surface area contributed by atoms with Crippen molar-refractivity contribution in [2.75, 3.05) is 19.4 Å². The molecule has 8 nitrogen and oxygen atoms in total. The fourth-order valence-corrected chi connectivity index (χ4v) is 3.41. The fourth-order valence-electron chi connectivity index (χ4n) is 2.69. The molecular weight excluding hydrogens is 376 g/mol. The number of amides is 3. The minimum Gasteiger partial charge on any atom is -0.337 e. The molecule has 3 aromatic rings. The van der Waals surface area contributed by atoms with Crippen molar-refractivity contribution in [2.45, 2.75) is 13.1 Å². The summed E-state index contributed by atoms with van der Waals surface area (Å²) in [5, 5.41) is 12.7. The van der Waals surface area contributed by atoms with Crippen molar-refractivity contribution in [3.05, 3.63) is 64.1 Å². The molecule has 146 valence electrons. The fraction of sp³-hybridized carbons (Fsp3) is 0.263. The van der Waals surface area contributed by atoms with Gasteiger partial charge in [-0.2, -0.15) is 0 Å². The van der Waals surface area contributed by atoms with Crippen LogP contribution in [0.25, 0.3) is 0 Å². The Bertz CT molecular complexity index is 953. The molecule has 1 N–H and O–H groups in total. The predicted octanol–water partition coefficient (Wildman–Crippen LogP) is 2.81. The van der Waals surface area contributed by atoms with E-state index in [1.807, 2.05) is 35.7 Å². The van der Waals surface area contributed by atoms with Gasteiger partial charge in [-0.15, -0.1) is 16.4 Å². The Kier molecular flexibility index (Phi) is 6.05. The molecule has 0 saturated heterocycles. The number of nitrogens with one attached hydrogen (secondary N) is 1. The van der Waals surface area contributed by atoms with E-state index in [2.05, 4.69) is 15.6 Å². The Morgan fingerprint density at radius 3 is 2.57 bits per heavy atom. The Morgan fingerprint density at radius 1 is 1.11 bits per heavy atom. The van der Waals surface area contributed by atoms with E-state index < -0.39 is 0 Å². The van der Waals surface area contributed by atoms with Gasteiger partial charge < -0.3 is 15.1 Å². The first-order chi connectivity index (χ1) is 13.4. The number of carbonyl (C=O) groups is 2. The maximum absolute atomic E-state index is 12.6. The maximum atomic E-state index is 12.6. The molecular formula is C19H22N6O2S. The van der Waals surface area contributed by atoms with Gasteiger partial charge in [0.05, 0.1) is 11.4 Å². The van der Waals surface area contributed by atoms with Crippen molar-refractivity contribution >= 4 is 29.0 Å².